The van der Waals surface area contributed by atoms with Crippen molar-refractivity contribution >= 4 is 17.5 Å². The smallest absolute Gasteiger partial charge is 0.221 e. The fourth-order valence-corrected chi connectivity index (χ4v) is 1.26. The Bertz CT molecular complexity index is 347. The lowest BCUT2D eigenvalue weighted by molar-refractivity contribution is -0.120. The fourth-order valence-electron chi connectivity index (χ4n) is 1.09. The summed E-state index contributed by atoms with van der Waals surface area (Å²) in [6.45, 7) is 0.684. The predicted molar refractivity (Wildman–Crippen MR) is 60.2 cm³/mol. The van der Waals surface area contributed by atoms with Crippen LogP contribution in [0, 0.1) is 5.82 Å². The number of hydrogen-bond donors (Lipinski definition) is 1. The van der Waals surface area contributed by atoms with Gasteiger partial charge >= 0.3 is 0 Å². The van der Waals surface area contributed by atoms with Gasteiger partial charge in [0.05, 0.1) is 6.54 Å². The van der Waals surface area contributed by atoms with Crippen molar-refractivity contribution in [3.8, 4) is 5.75 Å². The van der Waals surface area contributed by atoms with E-state index in [2.05, 4.69) is 5.32 Å². The highest BCUT2D eigenvalue weighted by Gasteiger charge is 1.99. The second-order valence-electron chi connectivity index (χ2n) is 3.09. The maximum atomic E-state index is 12.7. The minimum atomic E-state index is -0.344. The summed E-state index contributed by atoms with van der Waals surface area (Å²) < 4.78 is 18.0. The van der Waals surface area contributed by atoms with Crippen molar-refractivity contribution in [2.24, 2.45) is 0 Å². The van der Waals surface area contributed by atoms with E-state index >= 15 is 0 Å². The molecular weight excluding hydrogens is 233 g/mol. The van der Waals surface area contributed by atoms with Crippen molar-refractivity contribution in [3.63, 3.8) is 0 Å². The van der Waals surface area contributed by atoms with Crippen molar-refractivity contribution in [2.75, 3.05) is 19.0 Å². The van der Waals surface area contributed by atoms with Gasteiger partial charge in [0.2, 0.25) is 5.91 Å². The molecule has 0 saturated carbocycles. The molecule has 0 radical (unpaired) electrons. The van der Waals surface area contributed by atoms with Crippen molar-refractivity contribution in [3.05, 3.63) is 30.1 Å². The van der Waals surface area contributed by atoms with Gasteiger partial charge in [0, 0.05) is 18.4 Å². The second kappa shape index (κ2) is 7.06. The number of halogens is 2. The Hall–Kier alpha value is -1.29. The summed E-state index contributed by atoms with van der Waals surface area (Å²) in [5, 5.41) is 2.63. The first-order chi connectivity index (χ1) is 7.72. The van der Waals surface area contributed by atoms with Crippen LogP contribution in [0.15, 0.2) is 24.3 Å². The Labute approximate surface area is 98.5 Å². The zero-order valence-corrected chi connectivity index (χ0v) is 9.47. The zero-order chi connectivity index (χ0) is 11.8. The molecule has 1 amide bonds. The highest BCUT2D eigenvalue weighted by molar-refractivity contribution is 6.18. The maximum Gasteiger partial charge on any atom is 0.221 e. The summed E-state index contributed by atoms with van der Waals surface area (Å²) in [5.74, 6) is 0.296. The highest BCUT2D eigenvalue weighted by Crippen LogP contribution is 2.11. The zero-order valence-electron chi connectivity index (χ0n) is 8.71. The Morgan fingerprint density at radius 3 is 3.00 bits per heavy atom. The summed E-state index contributed by atoms with van der Waals surface area (Å²) in [4.78, 5) is 11.0. The van der Waals surface area contributed by atoms with Gasteiger partial charge in [0.25, 0.3) is 0 Å². The van der Waals surface area contributed by atoms with Crippen molar-refractivity contribution in [2.45, 2.75) is 6.42 Å². The molecule has 16 heavy (non-hydrogen) atoms. The first-order valence-corrected chi connectivity index (χ1v) is 5.47. The third kappa shape index (κ3) is 4.98. The summed E-state index contributed by atoms with van der Waals surface area (Å²) in [6, 6.07) is 5.86. The molecular formula is C11H13ClFNO2. The minimum absolute atomic E-state index is 0.113. The fraction of sp³-hybridized carbons (Fsp3) is 0.364. The number of ether oxygens (including phenoxy) is 1. The average Bonchev–Trinajstić information content (AvgIpc) is 2.25. The van der Waals surface area contributed by atoms with E-state index in [1.807, 2.05) is 0 Å². The predicted octanol–water partition coefficient (Wildman–Crippen LogP) is 1.95. The molecule has 1 N–H and O–H groups in total. The Morgan fingerprint density at radius 1 is 1.50 bits per heavy atom. The number of amides is 1. The van der Waals surface area contributed by atoms with Gasteiger partial charge in [-0.05, 0) is 12.1 Å². The van der Waals surface area contributed by atoms with Crippen LogP contribution in [0.25, 0.3) is 0 Å². The van der Waals surface area contributed by atoms with E-state index in [4.69, 9.17) is 16.3 Å². The van der Waals surface area contributed by atoms with Crippen LogP contribution < -0.4 is 10.1 Å². The average molecular weight is 246 g/mol. The van der Waals surface area contributed by atoms with Gasteiger partial charge in [-0.1, -0.05) is 6.07 Å². The molecule has 1 aromatic carbocycles. The van der Waals surface area contributed by atoms with E-state index in [9.17, 15) is 9.18 Å². The molecule has 88 valence electrons. The quantitative estimate of drug-likeness (QED) is 0.615. The van der Waals surface area contributed by atoms with Gasteiger partial charge in [-0.3, -0.25) is 4.79 Å². The molecule has 1 aromatic rings. The molecule has 0 aliphatic rings. The lowest BCUT2D eigenvalue weighted by Gasteiger charge is -2.07. The Kier molecular flexibility index (Phi) is 5.64. The van der Waals surface area contributed by atoms with E-state index in [0.29, 0.717) is 31.2 Å². The van der Waals surface area contributed by atoms with Crippen molar-refractivity contribution in [1.29, 1.82) is 0 Å². The van der Waals surface area contributed by atoms with Gasteiger partial charge in [-0.15, -0.1) is 11.6 Å². The van der Waals surface area contributed by atoms with E-state index in [0.717, 1.165) is 0 Å². The van der Waals surface area contributed by atoms with E-state index in [1.54, 1.807) is 12.1 Å². The highest BCUT2D eigenvalue weighted by atomic mass is 35.5. The second-order valence-corrected chi connectivity index (χ2v) is 3.47. The van der Waals surface area contributed by atoms with Gasteiger partial charge in [-0.25, -0.2) is 4.39 Å². The van der Waals surface area contributed by atoms with Crippen LogP contribution in [0.2, 0.25) is 0 Å². The van der Waals surface area contributed by atoms with Crippen LogP contribution in [-0.2, 0) is 4.79 Å². The van der Waals surface area contributed by atoms with Crippen LogP contribution >= 0.6 is 11.6 Å². The number of rotatable bonds is 6. The first kappa shape index (κ1) is 12.8. The summed E-state index contributed by atoms with van der Waals surface area (Å²) in [6.07, 6.45) is 0.293. The molecule has 0 aliphatic heterocycles. The summed E-state index contributed by atoms with van der Waals surface area (Å²) in [7, 11) is 0. The van der Waals surface area contributed by atoms with Crippen LogP contribution in [0.4, 0.5) is 4.39 Å². The summed E-state index contributed by atoms with van der Waals surface area (Å²) >= 11 is 5.39. The van der Waals surface area contributed by atoms with Crippen LogP contribution in [0.1, 0.15) is 6.42 Å². The van der Waals surface area contributed by atoms with Gasteiger partial charge in [0.15, 0.2) is 0 Å². The Balaban J connectivity index is 2.18. The van der Waals surface area contributed by atoms with E-state index < -0.39 is 0 Å². The van der Waals surface area contributed by atoms with Gasteiger partial charge in [0.1, 0.15) is 18.2 Å². The number of carbonyl (C=O) groups excluding carboxylic acids is 1. The molecule has 5 heteroatoms. The number of carbonyl (C=O) groups is 1. The lowest BCUT2D eigenvalue weighted by atomic mass is 10.3. The largest absolute Gasteiger partial charge is 0.492 e. The Morgan fingerprint density at radius 2 is 2.31 bits per heavy atom. The molecule has 0 heterocycles. The number of hydrogen-bond acceptors (Lipinski definition) is 2. The molecule has 1 rings (SSSR count). The number of alkyl halides is 1. The molecule has 3 nitrogen and oxygen atoms in total. The van der Waals surface area contributed by atoms with Crippen molar-refractivity contribution in [1.82, 2.24) is 5.32 Å². The molecule has 0 bridgehead atoms. The van der Waals surface area contributed by atoms with Crippen LogP contribution in [-0.4, -0.2) is 24.9 Å². The van der Waals surface area contributed by atoms with Gasteiger partial charge < -0.3 is 10.1 Å². The first-order valence-electron chi connectivity index (χ1n) is 4.93. The standard InChI is InChI=1S/C11H13ClFNO2/c12-5-4-11(15)14-6-7-16-10-3-1-2-9(13)8-10/h1-3,8H,4-7H2,(H,14,15). The maximum absolute atomic E-state index is 12.7. The van der Waals surface area contributed by atoms with E-state index in [1.165, 1.54) is 12.1 Å². The summed E-state index contributed by atoms with van der Waals surface area (Å²) in [5.41, 5.74) is 0. The monoisotopic (exact) mass is 245 g/mol. The third-order valence-corrected chi connectivity index (χ3v) is 2.00. The molecule has 0 aliphatic carbocycles. The molecule has 0 unspecified atom stereocenters. The van der Waals surface area contributed by atoms with Crippen LogP contribution in [0.5, 0.6) is 5.75 Å². The topological polar surface area (TPSA) is 38.3 Å². The molecule has 0 fully saturated rings. The van der Waals surface area contributed by atoms with E-state index in [-0.39, 0.29) is 11.7 Å². The SMILES string of the molecule is O=C(CCCl)NCCOc1cccc(F)c1. The van der Waals surface area contributed by atoms with Crippen LogP contribution in [0.3, 0.4) is 0 Å². The van der Waals surface area contributed by atoms with Gasteiger partial charge in [-0.2, -0.15) is 0 Å². The lowest BCUT2D eigenvalue weighted by Crippen LogP contribution is -2.28. The minimum Gasteiger partial charge on any atom is -0.492 e. The number of benzene rings is 1. The number of nitrogens with one attached hydrogen (secondary N) is 1. The molecule has 0 aromatic heterocycles. The molecule has 0 atom stereocenters. The normalized spacial score (nSPS) is 9.88. The molecule has 0 spiro atoms. The third-order valence-electron chi connectivity index (χ3n) is 1.81. The van der Waals surface area contributed by atoms with Crippen molar-refractivity contribution < 1.29 is 13.9 Å². The molecule has 0 saturated heterocycles.